The van der Waals surface area contributed by atoms with Gasteiger partial charge < -0.3 is 20.9 Å². The zero-order valence-electron chi connectivity index (χ0n) is 14.6. The van der Waals surface area contributed by atoms with Crippen LogP contribution in [0.25, 0.3) is 0 Å². The van der Waals surface area contributed by atoms with Gasteiger partial charge in [-0.25, -0.2) is 4.79 Å². The molecule has 0 aromatic carbocycles. The van der Waals surface area contributed by atoms with Gasteiger partial charge in [0.15, 0.2) is 0 Å². The number of nitrogen functional groups attached to an aromatic ring is 1. The highest BCUT2D eigenvalue weighted by atomic mass is 32.1. The molecule has 25 heavy (non-hydrogen) atoms. The predicted octanol–water partition coefficient (Wildman–Crippen LogP) is 1.10. The van der Waals surface area contributed by atoms with E-state index >= 15 is 0 Å². The minimum atomic E-state index is -0.121. The molecule has 0 unspecified atom stereocenters. The Morgan fingerprint density at radius 3 is 2.84 bits per heavy atom. The van der Waals surface area contributed by atoms with Crippen LogP contribution in [-0.4, -0.2) is 64.7 Å². The molecule has 1 saturated heterocycles. The summed E-state index contributed by atoms with van der Waals surface area (Å²) >= 11 is 1.33. The molecule has 1 atom stereocenters. The minimum absolute atomic E-state index is 0.121. The molecule has 1 aliphatic heterocycles. The van der Waals surface area contributed by atoms with E-state index in [9.17, 15) is 9.59 Å². The van der Waals surface area contributed by atoms with Crippen LogP contribution in [0, 0.1) is 5.92 Å². The molecule has 3 amide bonds. The number of nitrogens with two attached hydrogens (primary N) is 1. The molecule has 8 nitrogen and oxygen atoms in total. The number of hydrogen-bond donors (Lipinski definition) is 2. The zero-order chi connectivity index (χ0) is 17.8. The van der Waals surface area contributed by atoms with E-state index in [2.05, 4.69) is 15.5 Å². The third-order valence-corrected chi connectivity index (χ3v) is 5.79. The maximum atomic E-state index is 12.2. The van der Waals surface area contributed by atoms with Crippen molar-refractivity contribution in [3.63, 3.8) is 0 Å². The zero-order valence-corrected chi connectivity index (χ0v) is 15.4. The van der Waals surface area contributed by atoms with Crippen molar-refractivity contribution >= 4 is 28.4 Å². The molecule has 3 N–H and O–H groups in total. The average molecular weight is 366 g/mol. The number of hydrogen-bond acceptors (Lipinski definition) is 6. The standard InChI is InChI=1S/C16H26N6O2S/c1-21(16(24)18-7-6-13-19-20-15(17)25-13)9-11-8-14(23)22(10-11)12-4-2-3-5-12/h11-12H,2-10H2,1H3,(H2,17,20)(H,18,24)/t11-/m1/s1. The van der Waals surface area contributed by atoms with Crippen molar-refractivity contribution in [1.82, 2.24) is 25.3 Å². The van der Waals surface area contributed by atoms with Crippen LogP contribution in [0.4, 0.5) is 9.93 Å². The lowest BCUT2D eigenvalue weighted by Crippen LogP contribution is -2.41. The van der Waals surface area contributed by atoms with Crippen LogP contribution in [0.3, 0.4) is 0 Å². The van der Waals surface area contributed by atoms with E-state index in [-0.39, 0.29) is 17.9 Å². The third-order valence-electron chi connectivity index (χ3n) is 4.98. The van der Waals surface area contributed by atoms with Crippen molar-refractivity contribution < 1.29 is 9.59 Å². The Balaban J connectivity index is 1.40. The fraction of sp³-hybridized carbons (Fsp3) is 0.750. The molecule has 1 aromatic rings. The highest BCUT2D eigenvalue weighted by Gasteiger charge is 2.36. The summed E-state index contributed by atoms with van der Waals surface area (Å²) < 4.78 is 0. The maximum Gasteiger partial charge on any atom is 0.317 e. The Morgan fingerprint density at radius 1 is 1.40 bits per heavy atom. The van der Waals surface area contributed by atoms with Crippen LogP contribution in [0.2, 0.25) is 0 Å². The largest absolute Gasteiger partial charge is 0.374 e. The Morgan fingerprint density at radius 2 is 2.16 bits per heavy atom. The van der Waals surface area contributed by atoms with Gasteiger partial charge in [0.25, 0.3) is 0 Å². The summed E-state index contributed by atoms with van der Waals surface area (Å²) in [7, 11) is 1.78. The fourth-order valence-electron chi connectivity index (χ4n) is 3.75. The number of likely N-dealkylation sites (tertiary alicyclic amines) is 1. The normalized spacial score (nSPS) is 21.1. The molecule has 0 spiro atoms. The number of rotatable bonds is 6. The van der Waals surface area contributed by atoms with Gasteiger partial charge in [-0.3, -0.25) is 4.79 Å². The Bertz CT molecular complexity index is 616. The second kappa shape index (κ2) is 7.99. The third kappa shape index (κ3) is 4.59. The molecule has 2 aliphatic rings. The Kier molecular flexibility index (Phi) is 5.72. The number of nitrogens with one attached hydrogen (secondary N) is 1. The summed E-state index contributed by atoms with van der Waals surface area (Å²) in [5, 5.41) is 11.8. The van der Waals surface area contributed by atoms with Crippen LogP contribution >= 0.6 is 11.3 Å². The lowest BCUT2D eigenvalue weighted by atomic mass is 10.1. The van der Waals surface area contributed by atoms with E-state index in [1.54, 1.807) is 11.9 Å². The highest BCUT2D eigenvalue weighted by molar-refractivity contribution is 7.15. The van der Waals surface area contributed by atoms with Crippen molar-refractivity contribution in [2.75, 3.05) is 32.4 Å². The number of amides is 3. The predicted molar refractivity (Wildman–Crippen MR) is 96.1 cm³/mol. The van der Waals surface area contributed by atoms with Gasteiger partial charge in [-0.2, -0.15) is 0 Å². The minimum Gasteiger partial charge on any atom is -0.374 e. The Labute approximate surface area is 151 Å². The smallest absolute Gasteiger partial charge is 0.317 e. The molecule has 1 aromatic heterocycles. The number of carbonyl (C=O) groups excluding carboxylic acids is 2. The van der Waals surface area contributed by atoms with Gasteiger partial charge in [0.1, 0.15) is 5.01 Å². The summed E-state index contributed by atoms with van der Waals surface area (Å²) in [6.07, 6.45) is 5.88. The molecule has 1 saturated carbocycles. The highest BCUT2D eigenvalue weighted by Crippen LogP contribution is 2.29. The van der Waals surface area contributed by atoms with E-state index in [1.807, 2.05) is 4.90 Å². The number of nitrogens with zero attached hydrogens (tertiary/aromatic N) is 4. The van der Waals surface area contributed by atoms with Crippen LogP contribution in [0.15, 0.2) is 0 Å². The van der Waals surface area contributed by atoms with Crippen molar-refractivity contribution in [3.05, 3.63) is 5.01 Å². The SMILES string of the molecule is CN(C[C@H]1CC(=O)N(C2CCCC2)C1)C(=O)NCCc1nnc(N)s1. The summed E-state index contributed by atoms with van der Waals surface area (Å²) in [5.41, 5.74) is 5.54. The fourth-order valence-corrected chi connectivity index (χ4v) is 4.36. The van der Waals surface area contributed by atoms with Gasteiger partial charge in [-0.1, -0.05) is 24.2 Å². The number of aromatic nitrogens is 2. The number of urea groups is 1. The molecule has 1 aliphatic carbocycles. The summed E-state index contributed by atoms with van der Waals surface area (Å²) in [4.78, 5) is 28.2. The maximum absolute atomic E-state index is 12.2. The van der Waals surface area contributed by atoms with Gasteiger partial charge in [0.2, 0.25) is 11.0 Å². The van der Waals surface area contributed by atoms with Crippen LogP contribution in [-0.2, 0) is 11.2 Å². The van der Waals surface area contributed by atoms with Crippen molar-refractivity contribution in [3.8, 4) is 0 Å². The van der Waals surface area contributed by atoms with Gasteiger partial charge in [0.05, 0.1) is 0 Å². The molecular formula is C16H26N6O2S. The molecule has 3 rings (SSSR count). The van der Waals surface area contributed by atoms with Gasteiger partial charge >= 0.3 is 6.03 Å². The van der Waals surface area contributed by atoms with Crippen LogP contribution in [0.1, 0.15) is 37.1 Å². The average Bonchev–Trinajstić information content (AvgIpc) is 3.29. The molecule has 0 radical (unpaired) electrons. The quantitative estimate of drug-likeness (QED) is 0.784. The molecule has 0 bridgehead atoms. The first-order chi connectivity index (χ1) is 12.0. The van der Waals surface area contributed by atoms with E-state index < -0.39 is 0 Å². The van der Waals surface area contributed by atoms with E-state index in [4.69, 9.17) is 5.73 Å². The topological polar surface area (TPSA) is 104 Å². The van der Waals surface area contributed by atoms with Gasteiger partial charge in [-0.15, -0.1) is 10.2 Å². The first-order valence-corrected chi connectivity index (χ1v) is 9.71. The van der Waals surface area contributed by atoms with Crippen molar-refractivity contribution in [2.24, 2.45) is 5.92 Å². The molecular weight excluding hydrogens is 340 g/mol. The molecule has 2 fully saturated rings. The Hall–Kier alpha value is -1.90. The van der Waals surface area contributed by atoms with Crippen LogP contribution < -0.4 is 11.1 Å². The summed E-state index contributed by atoms with van der Waals surface area (Å²) in [5.74, 6) is 0.478. The number of anilines is 1. The van der Waals surface area contributed by atoms with Gasteiger partial charge in [-0.05, 0) is 12.8 Å². The first-order valence-electron chi connectivity index (χ1n) is 8.89. The van der Waals surface area contributed by atoms with E-state index in [0.717, 1.165) is 24.4 Å². The van der Waals surface area contributed by atoms with Crippen molar-refractivity contribution in [2.45, 2.75) is 44.6 Å². The van der Waals surface area contributed by atoms with E-state index in [0.29, 0.717) is 37.1 Å². The monoisotopic (exact) mass is 366 g/mol. The summed E-state index contributed by atoms with van der Waals surface area (Å²) in [6, 6.07) is 0.306. The number of carbonyl (C=O) groups is 2. The van der Waals surface area contributed by atoms with Crippen LogP contribution in [0.5, 0.6) is 0 Å². The molecule has 2 heterocycles. The second-order valence-corrected chi connectivity index (χ2v) is 8.04. The lowest BCUT2D eigenvalue weighted by Gasteiger charge is -2.25. The van der Waals surface area contributed by atoms with Crippen molar-refractivity contribution in [1.29, 1.82) is 0 Å². The lowest BCUT2D eigenvalue weighted by molar-refractivity contribution is -0.129. The second-order valence-electron chi connectivity index (χ2n) is 6.95. The summed E-state index contributed by atoms with van der Waals surface area (Å²) in [6.45, 7) is 1.88. The first kappa shape index (κ1) is 17.9. The molecule has 138 valence electrons. The molecule has 9 heteroatoms. The van der Waals surface area contributed by atoms with E-state index in [1.165, 1.54) is 24.2 Å². The van der Waals surface area contributed by atoms with Gasteiger partial charge in [0, 0.05) is 51.5 Å².